The van der Waals surface area contributed by atoms with Crippen LogP contribution in [0.25, 0.3) is 0 Å². The van der Waals surface area contributed by atoms with Crippen LogP contribution in [0.1, 0.15) is 10.4 Å². The Bertz CT molecular complexity index is 669. The molecule has 1 amide bonds. The largest absolute Gasteiger partial charge is 0.507 e. The van der Waals surface area contributed by atoms with E-state index in [2.05, 4.69) is 37.2 Å². The molecule has 0 saturated carbocycles. The number of hydrogen-bond donors (Lipinski definition) is 2. The van der Waals surface area contributed by atoms with Crippen LogP contribution in [-0.4, -0.2) is 11.0 Å². The Labute approximate surface area is 129 Å². The van der Waals surface area contributed by atoms with Crippen LogP contribution in [0.2, 0.25) is 0 Å². The first-order valence-electron chi connectivity index (χ1n) is 5.33. The zero-order chi connectivity index (χ0) is 14.9. The highest BCUT2D eigenvalue weighted by molar-refractivity contribution is 9.10. The Morgan fingerprint density at radius 2 is 1.70 bits per heavy atom. The first kappa shape index (κ1) is 14.9. The summed E-state index contributed by atoms with van der Waals surface area (Å²) in [6, 6.07) is 6.13. The molecule has 2 aromatic carbocycles. The Kier molecular flexibility index (Phi) is 4.39. The maximum Gasteiger partial charge on any atom is 0.255 e. The third-order valence-corrected chi connectivity index (χ3v) is 3.58. The van der Waals surface area contributed by atoms with Gasteiger partial charge in [0.15, 0.2) is 11.6 Å². The second-order valence-corrected chi connectivity index (χ2v) is 5.63. The van der Waals surface area contributed by atoms with Gasteiger partial charge < -0.3 is 10.4 Å². The molecule has 7 heteroatoms. The average Bonchev–Trinajstić information content (AvgIpc) is 2.36. The first-order valence-corrected chi connectivity index (χ1v) is 6.91. The number of anilines is 1. The van der Waals surface area contributed by atoms with Crippen LogP contribution in [0.15, 0.2) is 39.3 Å². The minimum absolute atomic E-state index is 0.0763. The van der Waals surface area contributed by atoms with Gasteiger partial charge in [-0.3, -0.25) is 4.79 Å². The topological polar surface area (TPSA) is 49.3 Å². The number of hydrogen-bond acceptors (Lipinski definition) is 2. The van der Waals surface area contributed by atoms with E-state index < -0.39 is 23.2 Å². The molecular weight excluding hydrogens is 400 g/mol. The lowest BCUT2D eigenvalue weighted by Gasteiger charge is -2.09. The molecule has 0 bridgehead atoms. The number of halogens is 4. The fraction of sp³-hybridized carbons (Fsp3) is 0. The number of benzene rings is 2. The van der Waals surface area contributed by atoms with Crippen molar-refractivity contribution in [1.82, 2.24) is 0 Å². The van der Waals surface area contributed by atoms with E-state index in [0.29, 0.717) is 4.47 Å². The summed E-state index contributed by atoms with van der Waals surface area (Å²) in [6.07, 6.45) is 0. The van der Waals surface area contributed by atoms with Crippen molar-refractivity contribution in [1.29, 1.82) is 0 Å². The summed E-state index contributed by atoms with van der Waals surface area (Å²) in [4.78, 5) is 11.9. The van der Waals surface area contributed by atoms with Crippen molar-refractivity contribution in [2.24, 2.45) is 0 Å². The second kappa shape index (κ2) is 5.88. The molecule has 0 heterocycles. The number of phenols is 1. The molecule has 2 aromatic rings. The van der Waals surface area contributed by atoms with Crippen molar-refractivity contribution in [2.75, 3.05) is 5.32 Å². The molecule has 20 heavy (non-hydrogen) atoms. The average molecular weight is 407 g/mol. The molecule has 0 aliphatic heterocycles. The van der Waals surface area contributed by atoms with Crippen molar-refractivity contribution in [3.63, 3.8) is 0 Å². The summed E-state index contributed by atoms with van der Waals surface area (Å²) >= 11 is 6.01. The normalized spacial score (nSPS) is 10.4. The molecule has 2 rings (SSSR count). The van der Waals surface area contributed by atoms with Crippen LogP contribution in [0.5, 0.6) is 5.75 Å². The van der Waals surface area contributed by atoms with E-state index in [1.165, 1.54) is 18.2 Å². The van der Waals surface area contributed by atoms with Crippen molar-refractivity contribution in [2.45, 2.75) is 0 Å². The van der Waals surface area contributed by atoms with E-state index in [-0.39, 0.29) is 15.8 Å². The summed E-state index contributed by atoms with van der Waals surface area (Å²) in [7, 11) is 0. The smallest absolute Gasteiger partial charge is 0.255 e. The monoisotopic (exact) mass is 405 g/mol. The SMILES string of the molecule is O=C(Nc1c(F)cc(Br)cc1F)c1ccc(Br)c(O)c1. The van der Waals surface area contributed by atoms with Gasteiger partial charge in [0.25, 0.3) is 5.91 Å². The lowest BCUT2D eigenvalue weighted by Crippen LogP contribution is -2.14. The Morgan fingerprint density at radius 1 is 1.10 bits per heavy atom. The van der Waals surface area contributed by atoms with E-state index in [4.69, 9.17) is 0 Å². The predicted molar refractivity (Wildman–Crippen MR) is 77.8 cm³/mol. The number of carbonyl (C=O) groups is 1. The molecule has 0 saturated heterocycles. The van der Waals surface area contributed by atoms with Crippen molar-refractivity contribution < 1.29 is 18.7 Å². The molecule has 0 fully saturated rings. The standard InChI is InChI=1S/C13H7Br2F2NO2/c14-7-4-9(16)12(10(17)5-7)18-13(20)6-1-2-8(15)11(19)3-6/h1-5,19H,(H,18,20). The number of amides is 1. The van der Waals surface area contributed by atoms with Gasteiger partial charge in [0.2, 0.25) is 0 Å². The molecule has 3 nitrogen and oxygen atoms in total. The van der Waals surface area contributed by atoms with Crippen LogP contribution in [-0.2, 0) is 0 Å². The number of rotatable bonds is 2. The Hall–Kier alpha value is -1.47. The van der Waals surface area contributed by atoms with Gasteiger partial charge in [-0.15, -0.1) is 0 Å². The van der Waals surface area contributed by atoms with Gasteiger partial charge in [-0.05, 0) is 46.3 Å². The van der Waals surface area contributed by atoms with Gasteiger partial charge >= 0.3 is 0 Å². The summed E-state index contributed by atoms with van der Waals surface area (Å²) < 4.78 is 27.8. The minimum Gasteiger partial charge on any atom is -0.507 e. The van der Waals surface area contributed by atoms with E-state index in [1.54, 1.807) is 0 Å². The molecule has 0 aliphatic rings. The number of carbonyl (C=O) groups excluding carboxylic acids is 1. The minimum atomic E-state index is -0.897. The van der Waals surface area contributed by atoms with Crippen LogP contribution >= 0.6 is 31.9 Å². The quantitative estimate of drug-likeness (QED) is 0.774. The van der Waals surface area contributed by atoms with Crippen LogP contribution in [0.4, 0.5) is 14.5 Å². The summed E-state index contributed by atoms with van der Waals surface area (Å²) in [6.45, 7) is 0. The Morgan fingerprint density at radius 3 is 2.25 bits per heavy atom. The summed E-state index contributed by atoms with van der Waals surface area (Å²) in [5.41, 5.74) is -0.465. The van der Waals surface area contributed by atoms with Crippen molar-refractivity contribution in [3.05, 3.63) is 56.5 Å². The highest BCUT2D eigenvalue weighted by Gasteiger charge is 2.15. The lowest BCUT2D eigenvalue weighted by atomic mass is 10.2. The van der Waals surface area contributed by atoms with Gasteiger partial charge in [-0.1, -0.05) is 15.9 Å². The van der Waals surface area contributed by atoms with Gasteiger partial charge in [-0.25, -0.2) is 8.78 Å². The molecular formula is C13H7Br2F2NO2. The van der Waals surface area contributed by atoms with Crippen LogP contribution < -0.4 is 5.32 Å². The van der Waals surface area contributed by atoms with E-state index in [0.717, 1.165) is 12.1 Å². The maximum atomic E-state index is 13.6. The highest BCUT2D eigenvalue weighted by Crippen LogP contribution is 2.27. The predicted octanol–water partition coefficient (Wildman–Crippen LogP) is 4.45. The third-order valence-electron chi connectivity index (χ3n) is 2.45. The van der Waals surface area contributed by atoms with E-state index >= 15 is 0 Å². The number of aromatic hydroxyl groups is 1. The van der Waals surface area contributed by atoms with Crippen LogP contribution in [0, 0.1) is 11.6 Å². The second-order valence-electron chi connectivity index (χ2n) is 3.86. The van der Waals surface area contributed by atoms with Gasteiger partial charge in [-0.2, -0.15) is 0 Å². The molecule has 0 aromatic heterocycles. The number of phenolic OH excluding ortho intramolecular Hbond substituents is 1. The van der Waals surface area contributed by atoms with Crippen LogP contribution in [0.3, 0.4) is 0 Å². The number of nitrogens with one attached hydrogen (secondary N) is 1. The molecule has 2 N–H and O–H groups in total. The zero-order valence-corrected chi connectivity index (χ0v) is 12.9. The third kappa shape index (κ3) is 3.16. The molecule has 0 aliphatic carbocycles. The lowest BCUT2D eigenvalue weighted by molar-refractivity contribution is 0.102. The fourth-order valence-electron chi connectivity index (χ4n) is 1.50. The summed E-state index contributed by atoms with van der Waals surface area (Å²) in [5.74, 6) is -2.67. The van der Waals surface area contributed by atoms with E-state index in [1.807, 2.05) is 0 Å². The van der Waals surface area contributed by atoms with Gasteiger partial charge in [0.05, 0.1) is 4.47 Å². The molecule has 0 unspecified atom stereocenters. The molecule has 0 atom stereocenters. The van der Waals surface area contributed by atoms with Gasteiger partial charge in [0, 0.05) is 10.0 Å². The Balaban J connectivity index is 2.30. The highest BCUT2D eigenvalue weighted by atomic mass is 79.9. The first-order chi connectivity index (χ1) is 9.38. The maximum absolute atomic E-state index is 13.6. The van der Waals surface area contributed by atoms with Gasteiger partial charge in [0.1, 0.15) is 11.4 Å². The van der Waals surface area contributed by atoms with Crippen molar-refractivity contribution in [3.8, 4) is 5.75 Å². The van der Waals surface area contributed by atoms with E-state index in [9.17, 15) is 18.7 Å². The zero-order valence-electron chi connectivity index (χ0n) is 9.75. The van der Waals surface area contributed by atoms with Crippen molar-refractivity contribution >= 4 is 43.5 Å². The molecule has 104 valence electrons. The molecule has 0 spiro atoms. The fourth-order valence-corrected chi connectivity index (χ4v) is 2.15. The summed E-state index contributed by atoms with van der Waals surface area (Å²) in [5, 5.41) is 11.6. The molecule has 0 radical (unpaired) electrons.